The molecule has 0 saturated carbocycles. The molecule has 0 aliphatic rings. The third kappa shape index (κ3) is 4.19. The molecule has 1 heterocycles. The molecule has 0 bridgehead atoms. The van der Waals surface area contributed by atoms with Gasteiger partial charge in [0, 0.05) is 11.4 Å². The Morgan fingerprint density at radius 2 is 2.18 bits per heavy atom. The summed E-state index contributed by atoms with van der Waals surface area (Å²) in [6, 6.07) is 3.63. The summed E-state index contributed by atoms with van der Waals surface area (Å²) in [6.07, 6.45) is 1.38. The molecule has 0 aliphatic carbocycles. The van der Waals surface area contributed by atoms with Crippen LogP contribution in [0.1, 0.15) is 34.3 Å². The van der Waals surface area contributed by atoms with Gasteiger partial charge in [-0.1, -0.05) is 13.3 Å². The van der Waals surface area contributed by atoms with Gasteiger partial charge in [0.05, 0.1) is 10.8 Å². The molecule has 1 aromatic heterocycles. The molecular formula is C12H17NO3S. The maximum absolute atomic E-state index is 11.7. The van der Waals surface area contributed by atoms with Gasteiger partial charge in [-0.2, -0.15) is 0 Å². The normalized spacial score (nSPS) is 12.1. The van der Waals surface area contributed by atoms with Crippen molar-refractivity contribution < 1.29 is 14.7 Å². The van der Waals surface area contributed by atoms with E-state index in [1.165, 1.54) is 11.3 Å². The summed E-state index contributed by atoms with van der Waals surface area (Å²) in [6.45, 7) is 4.05. The molecule has 1 aromatic rings. The zero-order valence-electron chi connectivity index (χ0n) is 10.0. The molecule has 1 unspecified atom stereocenters. The van der Waals surface area contributed by atoms with Gasteiger partial charge in [-0.05, 0) is 25.5 Å². The summed E-state index contributed by atoms with van der Waals surface area (Å²) in [7, 11) is 0. The molecule has 17 heavy (non-hydrogen) atoms. The maximum Gasteiger partial charge on any atom is 0.308 e. The van der Waals surface area contributed by atoms with Crippen molar-refractivity contribution in [2.24, 2.45) is 5.92 Å². The number of thiophene rings is 1. The highest BCUT2D eigenvalue weighted by molar-refractivity contribution is 7.13. The van der Waals surface area contributed by atoms with Gasteiger partial charge >= 0.3 is 5.97 Å². The van der Waals surface area contributed by atoms with Crippen LogP contribution < -0.4 is 5.32 Å². The average molecular weight is 255 g/mol. The number of carboxylic acids is 1. The number of hydrogen-bond acceptors (Lipinski definition) is 3. The number of carboxylic acid groups (broad SMARTS) is 1. The van der Waals surface area contributed by atoms with E-state index in [1.807, 2.05) is 19.9 Å². The van der Waals surface area contributed by atoms with Crippen molar-refractivity contribution in [3.8, 4) is 0 Å². The van der Waals surface area contributed by atoms with Gasteiger partial charge in [0.2, 0.25) is 0 Å². The van der Waals surface area contributed by atoms with Crippen LogP contribution in [0.15, 0.2) is 12.1 Å². The van der Waals surface area contributed by atoms with E-state index in [0.29, 0.717) is 11.3 Å². The van der Waals surface area contributed by atoms with Crippen molar-refractivity contribution in [3.05, 3.63) is 21.9 Å². The molecule has 5 heteroatoms. The zero-order valence-corrected chi connectivity index (χ0v) is 10.8. The van der Waals surface area contributed by atoms with Crippen molar-refractivity contribution in [3.63, 3.8) is 0 Å². The fourth-order valence-electron chi connectivity index (χ4n) is 1.52. The smallest absolute Gasteiger partial charge is 0.308 e. The van der Waals surface area contributed by atoms with Gasteiger partial charge in [-0.15, -0.1) is 11.3 Å². The van der Waals surface area contributed by atoms with Gasteiger partial charge in [0.1, 0.15) is 0 Å². The lowest BCUT2D eigenvalue weighted by Gasteiger charge is -2.11. The SMILES string of the molecule is CCCC(CNC(=O)c1ccc(C)s1)C(=O)O. The second kappa shape index (κ2) is 6.39. The van der Waals surface area contributed by atoms with E-state index < -0.39 is 11.9 Å². The summed E-state index contributed by atoms with van der Waals surface area (Å²) in [5, 5.41) is 11.6. The van der Waals surface area contributed by atoms with Crippen LogP contribution >= 0.6 is 11.3 Å². The number of rotatable bonds is 6. The molecule has 1 rings (SSSR count). The standard InChI is InChI=1S/C12H17NO3S/c1-3-4-9(12(15)16)7-13-11(14)10-6-5-8(2)17-10/h5-6,9H,3-4,7H2,1-2H3,(H,13,14)(H,15,16). The molecule has 1 amide bonds. The second-order valence-corrected chi connectivity index (χ2v) is 5.23. The van der Waals surface area contributed by atoms with Crippen LogP contribution in [0, 0.1) is 12.8 Å². The van der Waals surface area contributed by atoms with E-state index in [2.05, 4.69) is 5.32 Å². The lowest BCUT2D eigenvalue weighted by atomic mass is 10.0. The number of nitrogens with one attached hydrogen (secondary N) is 1. The Morgan fingerprint density at radius 3 is 2.65 bits per heavy atom. The minimum atomic E-state index is -0.852. The number of hydrogen-bond donors (Lipinski definition) is 2. The Balaban J connectivity index is 2.49. The first-order valence-electron chi connectivity index (χ1n) is 5.62. The number of aryl methyl sites for hydroxylation is 1. The van der Waals surface area contributed by atoms with Gasteiger partial charge in [-0.25, -0.2) is 0 Å². The molecule has 94 valence electrons. The fourth-order valence-corrected chi connectivity index (χ4v) is 2.30. The predicted molar refractivity (Wildman–Crippen MR) is 67.4 cm³/mol. The third-order valence-electron chi connectivity index (χ3n) is 2.46. The zero-order chi connectivity index (χ0) is 12.8. The Labute approximate surface area is 105 Å². The average Bonchev–Trinajstić information content (AvgIpc) is 2.70. The van der Waals surface area contributed by atoms with Gasteiger partial charge in [-0.3, -0.25) is 9.59 Å². The third-order valence-corrected chi connectivity index (χ3v) is 3.46. The molecular weight excluding hydrogens is 238 g/mol. The van der Waals surface area contributed by atoms with Crippen molar-refractivity contribution in [1.29, 1.82) is 0 Å². The first-order chi connectivity index (χ1) is 8.04. The van der Waals surface area contributed by atoms with Crippen LogP contribution in [0.5, 0.6) is 0 Å². The number of aliphatic carboxylic acids is 1. The summed E-state index contributed by atoms with van der Waals surface area (Å²) < 4.78 is 0. The Bertz CT molecular complexity index is 400. The summed E-state index contributed by atoms with van der Waals surface area (Å²) in [4.78, 5) is 24.3. The van der Waals surface area contributed by atoms with E-state index in [9.17, 15) is 9.59 Å². The Hall–Kier alpha value is -1.36. The molecule has 1 atom stereocenters. The van der Waals surface area contributed by atoms with Crippen LogP contribution in [0.4, 0.5) is 0 Å². The number of amides is 1. The number of carbonyl (C=O) groups is 2. The fraction of sp³-hybridized carbons (Fsp3) is 0.500. The lowest BCUT2D eigenvalue weighted by molar-refractivity contribution is -0.141. The van der Waals surface area contributed by atoms with Crippen LogP contribution in [0.2, 0.25) is 0 Å². The second-order valence-electron chi connectivity index (χ2n) is 3.94. The predicted octanol–water partition coefficient (Wildman–Crippen LogP) is 2.29. The highest BCUT2D eigenvalue weighted by atomic mass is 32.1. The monoisotopic (exact) mass is 255 g/mol. The van der Waals surface area contributed by atoms with Gasteiger partial charge in [0.25, 0.3) is 5.91 Å². The minimum absolute atomic E-state index is 0.189. The highest BCUT2D eigenvalue weighted by Gasteiger charge is 2.18. The molecule has 0 fully saturated rings. The van der Waals surface area contributed by atoms with Gasteiger partial charge < -0.3 is 10.4 Å². The molecule has 0 radical (unpaired) electrons. The lowest BCUT2D eigenvalue weighted by Crippen LogP contribution is -2.32. The quantitative estimate of drug-likeness (QED) is 0.819. The first kappa shape index (κ1) is 13.7. The van der Waals surface area contributed by atoms with E-state index in [0.717, 1.165) is 11.3 Å². The van der Waals surface area contributed by atoms with E-state index in [1.54, 1.807) is 6.07 Å². The topological polar surface area (TPSA) is 66.4 Å². The summed E-state index contributed by atoms with van der Waals surface area (Å²) in [5.41, 5.74) is 0. The van der Waals surface area contributed by atoms with Crippen molar-refractivity contribution >= 4 is 23.2 Å². The van der Waals surface area contributed by atoms with E-state index >= 15 is 0 Å². The highest BCUT2D eigenvalue weighted by Crippen LogP contribution is 2.15. The van der Waals surface area contributed by atoms with Crippen LogP contribution in [-0.2, 0) is 4.79 Å². The van der Waals surface area contributed by atoms with Gasteiger partial charge in [0.15, 0.2) is 0 Å². The number of carbonyl (C=O) groups excluding carboxylic acids is 1. The van der Waals surface area contributed by atoms with E-state index in [4.69, 9.17) is 5.11 Å². The molecule has 0 saturated heterocycles. The molecule has 0 aromatic carbocycles. The molecule has 0 spiro atoms. The van der Waals surface area contributed by atoms with Crippen LogP contribution in [-0.4, -0.2) is 23.5 Å². The maximum atomic E-state index is 11.7. The molecule has 2 N–H and O–H groups in total. The minimum Gasteiger partial charge on any atom is -0.481 e. The summed E-state index contributed by atoms with van der Waals surface area (Å²) >= 11 is 1.41. The van der Waals surface area contributed by atoms with Crippen LogP contribution in [0.3, 0.4) is 0 Å². The largest absolute Gasteiger partial charge is 0.481 e. The Kier molecular flexibility index (Phi) is 5.15. The first-order valence-corrected chi connectivity index (χ1v) is 6.43. The van der Waals surface area contributed by atoms with Crippen molar-refractivity contribution in [2.75, 3.05) is 6.54 Å². The van der Waals surface area contributed by atoms with Crippen LogP contribution in [0.25, 0.3) is 0 Å². The molecule has 4 nitrogen and oxygen atoms in total. The van der Waals surface area contributed by atoms with E-state index in [-0.39, 0.29) is 12.5 Å². The van der Waals surface area contributed by atoms with Crippen molar-refractivity contribution in [2.45, 2.75) is 26.7 Å². The Morgan fingerprint density at radius 1 is 1.47 bits per heavy atom. The van der Waals surface area contributed by atoms with Crippen molar-refractivity contribution in [1.82, 2.24) is 5.32 Å². The summed E-state index contributed by atoms with van der Waals surface area (Å²) in [5.74, 6) is -1.54. The molecule has 0 aliphatic heterocycles.